The van der Waals surface area contributed by atoms with Crippen LogP contribution in [0.25, 0.3) is 16.2 Å². The Morgan fingerprint density at radius 2 is 1.77 bits per heavy atom. The lowest BCUT2D eigenvalue weighted by Gasteiger charge is -2.21. The Labute approximate surface area is 238 Å². The molecule has 3 aromatic heterocycles. The van der Waals surface area contributed by atoms with Gasteiger partial charge < -0.3 is 5.11 Å². The van der Waals surface area contributed by atoms with Crippen LogP contribution in [0, 0.1) is 0 Å². The van der Waals surface area contributed by atoms with Gasteiger partial charge in [0.05, 0.1) is 26.7 Å². The third kappa shape index (κ3) is 4.70. The number of aromatic hydroxyl groups is 1. The average Bonchev–Trinajstić information content (AvgIpc) is 3.66. The molecule has 1 aliphatic heterocycles. The number of nitrogens with zero attached hydrogens (tertiary/aromatic N) is 5. The van der Waals surface area contributed by atoms with Crippen LogP contribution in [0.1, 0.15) is 39.8 Å². The maximum Gasteiger partial charge on any atom is 0.433 e. The summed E-state index contributed by atoms with van der Waals surface area (Å²) in [5, 5.41) is 20.6. The monoisotopic (exact) mass is 601 g/mol. The molecule has 1 aliphatic rings. The van der Waals surface area contributed by atoms with Gasteiger partial charge in [-0.3, -0.25) is 4.79 Å². The normalized spacial score (nSPS) is 15.6. The predicted molar refractivity (Wildman–Crippen MR) is 146 cm³/mol. The summed E-state index contributed by atoms with van der Waals surface area (Å²) in [5.41, 5.74) is -0.0540. The molecule has 0 radical (unpaired) electrons. The molecular weight excluding hydrogens is 586 g/mol. The van der Waals surface area contributed by atoms with Crippen molar-refractivity contribution in [2.75, 3.05) is 0 Å². The van der Waals surface area contributed by atoms with Gasteiger partial charge >= 0.3 is 6.18 Å². The van der Waals surface area contributed by atoms with E-state index in [0.717, 1.165) is 22.4 Å². The number of hydrogen-bond acceptors (Lipinski definition) is 6. The van der Waals surface area contributed by atoms with Crippen molar-refractivity contribution in [2.45, 2.75) is 18.6 Å². The van der Waals surface area contributed by atoms with Crippen LogP contribution >= 0.6 is 34.5 Å². The molecule has 40 heavy (non-hydrogen) atoms. The van der Waals surface area contributed by atoms with Crippen molar-refractivity contribution in [1.29, 1.82) is 0 Å². The molecule has 6 rings (SSSR count). The number of halogens is 5. The molecule has 13 heteroatoms. The summed E-state index contributed by atoms with van der Waals surface area (Å²) in [7, 11) is 0. The summed E-state index contributed by atoms with van der Waals surface area (Å²) in [4.78, 5) is 18.5. The standard InChI is InChI=1S/C27H16Cl2F3N5O2S/c28-16-7-3-1-5-14(16)17-11-20(15-6-2-4-8-21(15)38)36(34-17)26(39)19-13-25-33-18(22-9-10-24(29)40-22)12-23(27(30,31)32)37(25)35-19/h1-10,12-13,20,38H,11H2/t20-/m0/s1. The van der Waals surface area contributed by atoms with Crippen LogP contribution in [-0.4, -0.2) is 36.3 Å². The van der Waals surface area contributed by atoms with E-state index < -0.39 is 23.8 Å². The predicted octanol–water partition coefficient (Wildman–Crippen LogP) is 7.48. The molecular formula is C27H16Cl2F3N5O2S. The Morgan fingerprint density at radius 1 is 1.02 bits per heavy atom. The van der Waals surface area contributed by atoms with E-state index in [9.17, 15) is 23.1 Å². The highest BCUT2D eigenvalue weighted by Gasteiger charge is 2.39. The van der Waals surface area contributed by atoms with Gasteiger partial charge in [-0.2, -0.15) is 23.4 Å². The second-order valence-electron chi connectivity index (χ2n) is 8.88. The maximum absolute atomic E-state index is 14.1. The Morgan fingerprint density at radius 3 is 2.48 bits per heavy atom. The van der Waals surface area contributed by atoms with E-state index in [0.29, 0.717) is 35.6 Å². The van der Waals surface area contributed by atoms with Gasteiger partial charge in [0.15, 0.2) is 17.0 Å². The number of fused-ring (bicyclic) bond motifs is 1. The second-order valence-corrected chi connectivity index (χ2v) is 11.0. The van der Waals surface area contributed by atoms with E-state index in [1.807, 2.05) is 0 Å². The summed E-state index contributed by atoms with van der Waals surface area (Å²) in [6.45, 7) is 0. The molecule has 0 saturated carbocycles. The van der Waals surface area contributed by atoms with Gasteiger partial charge in [0.1, 0.15) is 5.75 Å². The number of para-hydroxylation sites is 1. The molecule has 0 aliphatic carbocycles. The molecule has 202 valence electrons. The van der Waals surface area contributed by atoms with E-state index >= 15 is 0 Å². The first-order chi connectivity index (χ1) is 19.1. The molecule has 0 bridgehead atoms. The second kappa shape index (κ2) is 9.92. The molecule has 1 amide bonds. The van der Waals surface area contributed by atoms with E-state index in [2.05, 4.69) is 15.2 Å². The third-order valence-corrected chi connectivity index (χ3v) is 7.94. The van der Waals surface area contributed by atoms with Crippen LogP contribution in [-0.2, 0) is 6.18 Å². The molecule has 0 unspecified atom stereocenters. The molecule has 1 N–H and O–H groups in total. The fourth-order valence-electron chi connectivity index (χ4n) is 4.54. The Kier molecular flexibility index (Phi) is 6.52. The molecule has 7 nitrogen and oxygen atoms in total. The number of carbonyl (C=O) groups is 1. The topological polar surface area (TPSA) is 83.1 Å². The smallest absolute Gasteiger partial charge is 0.433 e. The number of alkyl halides is 3. The van der Waals surface area contributed by atoms with Crippen LogP contribution in [0.5, 0.6) is 5.75 Å². The minimum absolute atomic E-state index is 0.0444. The summed E-state index contributed by atoms with van der Waals surface area (Å²) in [5.74, 6) is -0.828. The number of thiophene rings is 1. The molecule has 0 fully saturated rings. The fourth-order valence-corrected chi connectivity index (χ4v) is 5.79. The zero-order valence-electron chi connectivity index (χ0n) is 20.1. The van der Waals surface area contributed by atoms with Crippen LogP contribution in [0.4, 0.5) is 13.2 Å². The molecule has 4 heterocycles. The highest BCUT2D eigenvalue weighted by atomic mass is 35.5. The number of phenolic OH excluding ortho intramolecular Hbond substituents is 1. The first-order valence-electron chi connectivity index (χ1n) is 11.8. The molecule has 0 spiro atoms. The number of benzene rings is 2. The van der Waals surface area contributed by atoms with Gasteiger partial charge in [-0.25, -0.2) is 14.5 Å². The van der Waals surface area contributed by atoms with Crippen molar-refractivity contribution in [3.63, 3.8) is 0 Å². The number of hydrogen-bond donors (Lipinski definition) is 1. The minimum Gasteiger partial charge on any atom is -0.508 e. The Hall–Kier alpha value is -3.93. The lowest BCUT2D eigenvalue weighted by atomic mass is 9.97. The van der Waals surface area contributed by atoms with Crippen molar-refractivity contribution < 1.29 is 23.1 Å². The first-order valence-corrected chi connectivity index (χ1v) is 13.3. The summed E-state index contributed by atoms with van der Waals surface area (Å²) in [6.07, 6.45) is -4.58. The highest BCUT2D eigenvalue weighted by Crippen LogP contribution is 2.39. The van der Waals surface area contributed by atoms with E-state index in [1.165, 1.54) is 12.1 Å². The van der Waals surface area contributed by atoms with Gasteiger partial charge in [0.25, 0.3) is 5.91 Å². The highest BCUT2D eigenvalue weighted by molar-refractivity contribution is 7.19. The fraction of sp³-hybridized carbons (Fsp3) is 0.111. The summed E-state index contributed by atoms with van der Waals surface area (Å²) < 4.78 is 43.2. The van der Waals surface area contributed by atoms with E-state index in [4.69, 9.17) is 23.2 Å². The van der Waals surface area contributed by atoms with Crippen LogP contribution in [0.15, 0.2) is 77.9 Å². The lowest BCUT2D eigenvalue weighted by Crippen LogP contribution is -2.27. The third-order valence-electron chi connectivity index (χ3n) is 6.36. The average molecular weight is 602 g/mol. The van der Waals surface area contributed by atoms with Crippen molar-refractivity contribution in [1.82, 2.24) is 19.6 Å². The van der Waals surface area contributed by atoms with Gasteiger partial charge in [-0.1, -0.05) is 59.6 Å². The van der Waals surface area contributed by atoms with Crippen LogP contribution in [0.3, 0.4) is 0 Å². The Bertz CT molecular complexity index is 1820. The number of carbonyl (C=O) groups excluding carboxylic acids is 1. The van der Waals surface area contributed by atoms with E-state index in [1.54, 1.807) is 54.6 Å². The first kappa shape index (κ1) is 26.3. The number of rotatable bonds is 4. The van der Waals surface area contributed by atoms with Gasteiger partial charge in [0.2, 0.25) is 0 Å². The number of phenols is 1. The maximum atomic E-state index is 14.1. The number of aromatic nitrogens is 3. The van der Waals surface area contributed by atoms with Gasteiger partial charge in [0, 0.05) is 28.6 Å². The Balaban J connectivity index is 1.47. The zero-order chi connectivity index (χ0) is 28.2. The van der Waals surface area contributed by atoms with E-state index in [-0.39, 0.29) is 29.2 Å². The molecule has 2 aromatic carbocycles. The van der Waals surface area contributed by atoms with Crippen molar-refractivity contribution >= 4 is 51.8 Å². The van der Waals surface area contributed by atoms with Crippen molar-refractivity contribution in [3.8, 4) is 16.3 Å². The largest absolute Gasteiger partial charge is 0.508 e. The summed E-state index contributed by atoms with van der Waals surface area (Å²) >= 11 is 13.4. The summed E-state index contributed by atoms with van der Waals surface area (Å²) in [6, 6.07) is 17.9. The lowest BCUT2D eigenvalue weighted by molar-refractivity contribution is -0.142. The number of hydrazone groups is 1. The minimum atomic E-state index is -4.79. The number of amides is 1. The van der Waals surface area contributed by atoms with Crippen molar-refractivity contribution in [3.05, 3.63) is 105 Å². The molecule has 1 atom stereocenters. The van der Waals surface area contributed by atoms with Crippen LogP contribution in [0.2, 0.25) is 9.36 Å². The SMILES string of the molecule is O=C(c1cc2nc(-c3ccc(Cl)s3)cc(C(F)(F)F)n2n1)N1N=C(c2ccccc2Cl)C[C@H]1c1ccccc1O. The van der Waals surface area contributed by atoms with Gasteiger partial charge in [-0.15, -0.1) is 11.3 Å². The van der Waals surface area contributed by atoms with Crippen molar-refractivity contribution in [2.24, 2.45) is 5.10 Å². The molecule has 0 saturated heterocycles. The van der Waals surface area contributed by atoms with Gasteiger partial charge in [-0.05, 0) is 30.3 Å². The van der Waals surface area contributed by atoms with Crippen LogP contribution < -0.4 is 0 Å². The molecule has 5 aromatic rings. The quantitative estimate of drug-likeness (QED) is 0.231. The zero-order valence-corrected chi connectivity index (χ0v) is 22.4.